The summed E-state index contributed by atoms with van der Waals surface area (Å²) in [7, 11) is 0. The zero-order valence-electron chi connectivity index (χ0n) is 16.1. The van der Waals surface area contributed by atoms with Gasteiger partial charge in [-0.2, -0.15) is 5.26 Å². The van der Waals surface area contributed by atoms with E-state index in [0.717, 1.165) is 10.8 Å². The van der Waals surface area contributed by atoms with Crippen LogP contribution in [0.2, 0.25) is 0 Å². The molecule has 1 N–H and O–H groups in total. The van der Waals surface area contributed by atoms with E-state index in [0.29, 0.717) is 22.7 Å². The molecule has 4 aromatic carbocycles. The van der Waals surface area contributed by atoms with E-state index in [2.05, 4.69) is 5.32 Å². The predicted molar refractivity (Wildman–Crippen MR) is 119 cm³/mol. The fraction of sp³-hybridized carbons (Fsp3) is 0. The quantitative estimate of drug-likeness (QED) is 0.327. The number of hydrogen-bond donors (Lipinski definition) is 1. The molecule has 0 saturated heterocycles. The molecule has 4 heteroatoms. The number of carbonyl (C=O) groups excluding carboxylic acids is 1. The van der Waals surface area contributed by atoms with Gasteiger partial charge in [-0.3, -0.25) is 4.79 Å². The van der Waals surface area contributed by atoms with E-state index in [1.807, 2.05) is 97.1 Å². The van der Waals surface area contributed by atoms with E-state index in [9.17, 15) is 10.1 Å². The van der Waals surface area contributed by atoms with Gasteiger partial charge in [0.15, 0.2) is 0 Å². The fourth-order valence-corrected chi connectivity index (χ4v) is 3.07. The number of benzene rings is 4. The van der Waals surface area contributed by atoms with E-state index in [1.165, 1.54) is 0 Å². The van der Waals surface area contributed by atoms with Gasteiger partial charge in [-0.05, 0) is 58.8 Å². The number of amides is 1. The highest BCUT2D eigenvalue weighted by Gasteiger charge is 2.10. The van der Waals surface area contributed by atoms with Gasteiger partial charge in [0, 0.05) is 5.69 Å². The second-order valence-corrected chi connectivity index (χ2v) is 6.67. The van der Waals surface area contributed by atoms with Crippen LogP contribution in [-0.4, -0.2) is 5.91 Å². The largest absolute Gasteiger partial charge is 0.457 e. The molecule has 0 aliphatic rings. The van der Waals surface area contributed by atoms with E-state index < -0.39 is 5.91 Å². The highest BCUT2D eigenvalue weighted by atomic mass is 16.5. The number of nitrogens with zero attached hydrogens (tertiary/aromatic N) is 1. The normalized spacial score (nSPS) is 11.0. The monoisotopic (exact) mass is 390 g/mol. The number of rotatable bonds is 5. The zero-order chi connectivity index (χ0) is 20.8. The molecule has 0 radical (unpaired) electrons. The molecule has 30 heavy (non-hydrogen) atoms. The summed E-state index contributed by atoms with van der Waals surface area (Å²) >= 11 is 0. The molecular weight excluding hydrogens is 372 g/mol. The Bertz CT molecular complexity index is 1270. The first kappa shape index (κ1) is 19.0. The Morgan fingerprint density at radius 1 is 0.800 bits per heavy atom. The van der Waals surface area contributed by atoms with Crippen molar-refractivity contribution in [3.05, 3.63) is 108 Å². The molecular formula is C26H18N2O2. The van der Waals surface area contributed by atoms with Crippen molar-refractivity contribution in [1.82, 2.24) is 0 Å². The lowest BCUT2D eigenvalue weighted by atomic mass is 10.1. The van der Waals surface area contributed by atoms with Crippen LogP contribution in [0.25, 0.3) is 16.8 Å². The average molecular weight is 390 g/mol. The summed E-state index contributed by atoms with van der Waals surface area (Å²) in [5.74, 6) is 0.887. The molecule has 4 nitrogen and oxygen atoms in total. The van der Waals surface area contributed by atoms with E-state index in [-0.39, 0.29) is 5.57 Å². The van der Waals surface area contributed by atoms with Crippen LogP contribution in [-0.2, 0) is 4.79 Å². The lowest BCUT2D eigenvalue weighted by molar-refractivity contribution is -0.112. The minimum Gasteiger partial charge on any atom is -0.457 e. The molecule has 0 fully saturated rings. The molecule has 0 unspecified atom stereocenters. The topological polar surface area (TPSA) is 62.1 Å². The van der Waals surface area contributed by atoms with Crippen LogP contribution in [0.3, 0.4) is 0 Å². The van der Waals surface area contributed by atoms with Crippen molar-refractivity contribution >= 4 is 28.4 Å². The number of anilines is 1. The van der Waals surface area contributed by atoms with E-state index in [4.69, 9.17) is 4.74 Å². The number of nitriles is 1. The highest BCUT2D eigenvalue weighted by molar-refractivity contribution is 6.10. The van der Waals surface area contributed by atoms with Gasteiger partial charge in [-0.1, -0.05) is 60.7 Å². The molecule has 0 aromatic heterocycles. The zero-order valence-corrected chi connectivity index (χ0v) is 16.1. The maximum absolute atomic E-state index is 12.6. The first-order chi connectivity index (χ1) is 14.7. The SMILES string of the molecule is N#C/C(=C\c1cccc(Oc2ccccc2)c1)C(=O)Nc1ccc2ccccc2c1. The summed E-state index contributed by atoms with van der Waals surface area (Å²) in [6, 6.07) is 32.2. The smallest absolute Gasteiger partial charge is 0.266 e. The number of carbonyl (C=O) groups is 1. The van der Waals surface area contributed by atoms with Gasteiger partial charge in [-0.25, -0.2) is 0 Å². The summed E-state index contributed by atoms with van der Waals surface area (Å²) in [5.41, 5.74) is 1.36. The minimum atomic E-state index is -0.456. The molecule has 144 valence electrons. The molecule has 0 saturated carbocycles. The first-order valence-corrected chi connectivity index (χ1v) is 9.46. The molecule has 0 bridgehead atoms. The van der Waals surface area contributed by atoms with Gasteiger partial charge in [-0.15, -0.1) is 0 Å². The summed E-state index contributed by atoms with van der Waals surface area (Å²) in [5, 5.41) is 14.4. The van der Waals surface area contributed by atoms with Crippen LogP contribution in [0.5, 0.6) is 11.5 Å². The Hall–Kier alpha value is -4.36. The number of fused-ring (bicyclic) bond motifs is 1. The Morgan fingerprint density at radius 2 is 1.53 bits per heavy atom. The van der Waals surface area contributed by atoms with Crippen molar-refractivity contribution in [1.29, 1.82) is 5.26 Å². The lowest BCUT2D eigenvalue weighted by Gasteiger charge is -2.07. The summed E-state index contributed by atoms with van der Waals surface area (Å²) in [6.07, 6.45) is 1.55. The van der Waals surface area contributed by atoms with Gasteiger partial charge in [0.2, 0.25) is 0 Å². The molecule has 0 aliphatic heterocycles. The van der Waals surface area contributed by atoms with Crippen LogP contribution < -0.4 is 10.1 Å². The van der Waals surface area contributed by atoms with Gasteiger partial charge < -0.3 is 10.1 Å². The van der Waals surface area contributed by atoms with Gasteiger partial charge in [0.25, 0.3) is 5.91 Å². The second kappa shape index (κ2) is 8.76. The Labute approximate surface area is 174 Å². The van der Waals surface area contributed by atoms with Crippen LogP contribution in [0.15, 0.2) is 103 Å². The maximum atomic E-state index is 12.6. The molecule has 1 amide bonds. The molecule has 0 atom stereocenters. The lowest BCUT2D eigenvalue weighted by Crippen LogP contribution is -2.13. The maximum Gasteiger partial charge on any atom is 0.266 e. The summed E-state index contributed by atoms with van der Waals surface area (Å²) in [6.45, 7) is 0. The number of hydrogen-bond acceptors (Lipinski definition) is 3. The molecule has 0 spiro atoms. The average Bonchev–Trinajstić information content (AvgIpc) is 2.78. The molecule has 0 heterocycles. The van der Waals surface area contributed by atoms with E-state index in [1.54, 1.807) is 12.1 Å². The molecule has 4 aromatic rings. The van der Waals surface area contributed by atoms with Gasteiger partial charge in [0.05, 0.1) is 0 Å². The van der Waals surface area contributed by atoms with Crippen molar-refractivity contribution in [3.8, 4) is 17.6 Å². The highest BCUT2D eigenvalue weighted by Crippen LogP contribution is 2.23. The van der Waals surface area contributed by atoms with Gasteiger partial charge in [0.1, 0.15) is 23.1 Å². The van der Waals surface area contributed by atoms with E-state index >= 15 is 0 Å². The van der Waals surface area contributed by atoms with Crippen molar-refractivity contribution in [2.75, 3.05) is 5.32 Å². The first-order valence-electron chi connectivity index (χ1n) is 9.46. The number of nitrogens with one attached hydrogen (secondary N) is 1. The van der Waals surface area contributed by atoms with Crippen molar-refractivity contribution in [2.45, 2.75) is 0 Å². The third kappa shape index (κ3) is 4.54. The molecule has 0 aliphatic carbocycles. The summed E-state index contributed by atoms with van der Waals surface area (Å²) < 4.78 is 5.82. The number of ether oxygens (including phenoxy) is 1. The van der Waals surface area contributed by atoms with Crippen molar-refractivity contribution in [3.63, 3.8) is 0 Å². The number of para-hydroxylation sites is 1. The van der Waals surface area contributed by atoms with Crippen molar-refractivity contribution < 1.29 is 9.53 Å². The standard InChI is InChI=1S/C26H18N2O2/c27-18-22(26(29)28-23-14-13-20-8-4-5-9-21(20)17-23)15-19-7-6-12-25(16-19)30-24-10-2-1-3-11-24/h1-17H,(H,28,29)/b22-15+. The van der Waals surface area contributed by atoms with Crippen LogP contribution >= 0.6 is 0 Å². The minimum absolute atomic E-state index is 0.0139. The Morgan fingerprint density at radius 3 is 2.33 bits per heavy atom. The van der Waals surface area contributed by atoms with Gasteiger partial charge >= 0.3 is 0 Å². The third-order valence-electron chi connectivity index (χ3n) is 4.52. The second-order valence-electron chi connectivity index (χ2n) is 6.67. The van der Waals surface area contributed by atoms with Crippen LogP contribution in [0.4, 0.5) is 5.69 Å². The fourth-order valence-electron chi connectivity index (χ4n) is 3.07. The molecule has 4 rings (SSSR count). The Balaban J connectivity index is 1.53. The van der Waals surface area contributed by atoms with Crippen molar-refractivity contribution in [2.24, 2.45) is 0 Å². The van der Waals surface area contributed by atoms with Crippen LogP contribution in [0, 0.1) is 11.3 Å². The third-order valence-corrected chi connectivity index (χ3v) is 4.52. The predicted octanol–water partition coefficient (Wildman–Crippen LogP) is 6.18. The summed E-state index contributed by atoms with van der Waals surface area (Å²) in [4.78, 5) is 12.6. The van der Waals surface area contributed by atoms with Crippen LogP contribution in [0.1, 0.15) is 5.56 Å². The Kier molecular flexibility index (Phi) is 5.54.